The number of ether oxygens (including phenoxy) is 1. The van der Waals surface area contributed by atoms with Crippen LogP contribution < -0.4 is 5.73 Å². The fourth-order valence-electron chi connectivity index (χ4n) is 0.416. The standard InChI is InChI=1S/C7H13NO3/c1-3-4-11-5-7(2,8)6(9)10/h3H,1,4-5,8H2,2H3,(H,9,10). The Morgan fingerprint density at radius 2 is 2.45 bits per heavy atom. The maximum Gasteiger partial charge on any atom is 0.325 e. The molecule has 3 N–H and O–H groups in total. The smallest absolute Gasteiger partial charge is 0.325 e. The number of aliphatic carboxylic acids is 1. The van der Waals surface area contributed by atoms with Gasteiger partial charge in [0.25, 0.3) is 0 Å². The van der Waals surface area contributed by atoms with E-state index >= 15 is 0 Å². The summed E-state index contributed by atoms with van der Waals surface area (Å²) in [6.07, 6.45) is 1.54. The first-order valence-electron chi connectivity index (χ1n) is 3.21. The summed E-state index contributed by atoms with van der Waals surface area (Å²) in [5, 5.41) is 8.51. The zero-order valence-corrected chi connectivity index (χ0v) is 6.54. The van der Waals surface area contributed by atoms with E-state index in [0.717, 1.165) is 0 Å². The highest BCUT2D eigenvalue weighted by atomic mass is 16.5. The number of hydrogen-bond donors (Lipinski definition) is 2. The van der Waals surface area contributed by atoms with Gasteiger partial charge in [0.15, 0.2) is 0 Å². The summed E-state index contributed by atoms with van der Waals surface area (Å²) in [4.78, 5) is 10.4. The Labute approximate surface area is 65.6 Å². The lowest BCUT2D eigenvalue weighted by Gasteiger charge is -2.17. The molecule has 0 spiro atoms. The molecule has 0 bridgehead atoms. The maximum absolute atomic E-state index is 10.4. The lowest BCUT2D eigenvalue weighted by Crippen LogP contribution is -2.49. The van der Waals surface area contributed by atoms with Gasteiger partial charge in [-0.3, -0.25) is 4.79 Å². The lowest BCUT2D eigenvalue weighted by atomic mass is 10.1. The van der Waals surface area contributed by atoms with Crippen molar-refractivity contribution in [1.29, 1.82) is 0 Å². The minimum atomic E-state index is -1.30. The highest BCUT2D eigenvalue weighted by Gasteiger charge is 2.27. The van der Waals surface area contributed by atoms with Gasteiger partial charge in [0, 0.05) is 0 Å². The summed E-state index contributed by atoms with van der Waals surface area (Å²) in [6, 6.07) is 0. The summed E-state index contributed by atoms with van der Waals surface area (Å²) >= 11 is 0. The molecule has 0 rings (SSSR count). The third kappa shape index (κ3) is 3.75. The van der Waals surface area contributed by atoms with Gasteiger partial charge in [-0.2, -0.15) is 0 Å². The van der Waals surface area contributed by atoms with E-state index in [1.807, 2.05) is 0 Å². The molecule has 0 aliphatic rings. The second-order valence-electron chi connectivity index (χ2n) is 2.53. The van der Waals surface area contributed by atoms with Gasteiger partial charge in [-0.15, -0.1) is 6.58 Å². The average Bonchev–Trinajstić information content (AvgIpc) is 1.88. The SMILES string of the molecule is C=CCOCC(C)(N)C(=O)O. The van der Waals surface area contributed by atoms with Crippen LogP contribution >= 0.6 is 0 Å². The van der Waals surface area contributed by atoms with E-state index in [0.29, 0.717) is 6.61 Å². The van der Waals surface area contributed by atoms with Crippen LogP contribution in [0.3, 0.4) is 0 Å². The second kappa shape index (κ2) is 4.10. The van der Waals surface area contributed by atoms with Crippen molar-refractivity contribution in [2.45, 2.75) is 12.5 Å². The van der Waals surface area contributed by atoms with Crippen LogP contribution in [0.5, 0.6) is 0 Å². The molecular formula is C7H13NO3. The van der Waals surface area contributed by atoms with Crippen molar-refractivity contribution in [2.75, 3.05) is 13.2 Å². The van der Waals surface area contributed by atoms with Crippen LogP contribution in [-0.4, -0.2) is 29.8 Å². The number of carboxylic acid groups (broad SMARTS) is 1. The molecule has 0 heterocycles. The Morgan fingerprint density at radius 1 is 1.91 bits per heavy atom. The van der Waals surface area contributed by atoms with E-state index in [1.54, 1.807) is 0 Å². The molecule has 11 heavy (non-hydrogen) atoms. The topological polar surface area (TPSA) is 72.5 Å². The zero-order valence-electron chi connectivity index (χ0n) is 6.54. The molecule has 1 atom stereocenters. The van der Waals surface area contributed by atoms with Gasteiger partial charge in [0.05, 0.1) is 13.2 Å². The van der Waals surface area contributed by atoms with Crippen molar-refractivity contribution >= 4 is 5.97 Å². The largest absolute Gasteiger partial charge is 0.480 e. The van der Waals surface area contributed by atoms with E-state index in [4.69, 9.17) is 15.6 Å². The second-order valence-corrected chi connectivity index (χ2v) is 2.53. The average molecular weight is 159 g/mol. The van der Waals surface area contributed by atoms with Gasteiger partial charge < -0.3 is 15.6 Å². The van der Waals surface area contributed by atoms with Crippen molar-refractivity contribution in [3.05, 3.63) is 12.7 Å². The van der Waals surface area contributed by atoms with Crippen LogP contribution in [0.1, 0.15) is 6.92 Å². The predicted octanol–water partition coefficient (Wildman–Crippen LogP) is -0.00900. The zero-order chi connectivity index (χ0) is 8.91. The summed E-state index contributed by atoms with van der Waals surface area (Å²) in [7, 11) is 0. The molecule has 0 fully saturated rings. The highest BCUT2D eigenvalue weighted by Crippen LogP contribution is 1.99. The fourth-order valence-corrected chi connectivity index (χ4v) is 0.416. The van der Waals surface area contributed by atoms with Gasteiger partial charge in [0.2, 0.25) is 0 Å². The first-order chi connectivity index (χ1) is 5.00. The number of rotatable bonds is 5. The quantitative estimate of drug-likeness (QED) is 0.437. The molecule has 0 aromatic rings. The normalized spacial score (nSPS) is 15.5. The molecule has 1 unspecified atom stereocenters. The maximum atomic E-state index is 10.4. The number of nitrogens with two attached hydrogens (primary N) is 1. The molecule has 0 amide bonds. The van der Waals surface area contributed by atoms with E-state index in [9.17, 15) is 4.79 Å². The Balaban J connectivity index is 3.72. The number of hydrogen-bond acceptors (Lipinski definition) is 3. The molecule has 0 aliphatic heterocycles. The van der Waals surface area contributed by atoms with Gasteiger partial charge in [-0.1, -0.05) is 6.08 Å². The molecule has 4 heteroatoms. The Bertz CT molecular complexity index is 154. The summed E-state index contributed by atoms with van der Waals surface area (Å²) < 4.78 is 4.88. The van der Waals surface area contributed by atoms with Crippen molar-refractivity contribution in [3.8, 4) is 0 Å². The van der Waals surface area contributed by atoms with Crippen LogP contribution in [0.2, 0.25) is 0 Å². The first kappa shape index (κ1) is 10.1. The molecule has 4 nitrogen and oxygen atoms in total. The molecule has 0 aromatic heterocycles. The van der Waals surface area contributed by atoms with E-state index < -0.39 is 11.5 Å². The van der Waals surface area contributed by atoms with Crippen molar-refractivity contribution in [1.82, 2.24) is 0 Å². The predicted molar refractivity (Wildman–Crippen MR) is 41.2 cm³/mol. The van der Waals surface area contributed by atoms with E-state index in [1.165, 1.54) is 13.0 Å². The van der Waals surface area contributed by atoms with Gasteiger partial charge in [-0.05, 0) is 6.92 Å². The highest BCUT2D eigenvalue weighted by molar-refractivity contribution is 5.77. The number of carboxylic acids is 1. The van der Waals surface area contributed by atoms with E-state index in [2.05, 4.69) is 6.58 Å². The van der Waals surface area contributed by atoms with Crippen LogP contribution in [0.15, 0.2) is 12.7 Å². The van der Waals surface area contributed by atoms with Crippen LogP contribution in [0.25, 0.3) is 0 Å². The summed E-state index contributed by atoms with van der Waals surface area (Å²) in [5.74, 6) is -1.07. The molecule has 64 valence electrons. The van der Waals surface area contributed by atoms with Gasteiger partial charge in [0.1, 0.15) is 5.54 Å². The number of carbonyl (C=O) groups is 1. The molecular weight excluding hydrogens is 146 g/mol. The molecule has 0 radical (unpaired) electrons. The van der Waals surface area contributed by atoms with Crippen molar-refractivity contribution in [2.24, 2.45) is 5.73 Å². The van der Waals surface area contributed by atoms with Gasteiger partial charge >= 0.3 is 5.97 Å². The Hall–Kier alpha value is -0.870. The minimum absolute atomic E-state index is 0.00560. The van der Waals surface area contributed by atoms with Crippen molar-refractivity contribution in [3.63, 3.8) is 0 Å². The van der Waals surface area contributed by atoms with E-state index in [-0.39, 0.29) is 6.61 Å². The Kier molecular flexibility index (Phi) is 3.78. The third-order valence-corrected chi connectivity index (χ3v) is 1.13. The lowest BCUT2D eigenvalue weighted by molar-refractivity contribution is -0.144. The van der Waals surface area contributed by atoms with Crippen LogP contribution in [0, 0.1) is 0 Å². The van der Waals surface area contributed by atoms with Gasteiger partial charge in [-0.25, -0.2) is 0 Å². The first-order valence-corrected chi connectivity index (χ1v) is 3.21. The minimum Gasteiger partial charge on any atom is -0.480 e. The van der Waals surface area contributed by atoms with Crippen LogP contribution in [-0.2, 0) is 9.53 Å². The summed E-state index contributed by atoms with van der Waals surface area (Å²) in [6.45, 7) is 5.13. The van der Waals surface area contributed by atoms with Crippen LogP contribution in [0.4, 0.5) is 0 Å². The molecule has 0 saturated heterocycles. The molecule has 0 aliphatic carbocycles. The fraction of sp³-hybridized carbons (Fsp3) is 0.571. The molecule has 0 saturated carbocycles. The Morgan fingerprint density at radius 3 is 2.82 bits per heavy atom. The monoisotopic (exact) mass is 159 g/mol. The summed E-state index contributed by atoms with van der Waals surface area (Å²) in [5.41, 5.74) is 4.04. The molecule has 0 aromatic carbocycles. The third-order valence-electron chi connectivity index (χ3n) is 1.13. The van der Waals surface area contributed by atoms with Crippen molar-refractivity contribution < 1.29 is 14.6 Å².